The molecule has 0 spiro atoms. The standard InChI is InChI=1S/C17H18INO4/c1-21-15-7-6-12(8-16(15)22-2)10-19-17(20)11-23-14-5-3-4-13(18)9-14/h3-9H,10-11H2,1-2H3,(H,19,20). The van der Waals surface area contributed by atoms with Crippen LogP contribution in [0.3, 0.4) is 0 Å². The van der Waals surface area contributed by atoms with E-state index in [-0.39, 0.29) is 12.5 Å². The van der Waals surface area contributed by atoms with E-state index in [2.05, 4.69) is 27.9 Å². The Hall–Kier alpha value is -1.96. The molecular weight excluding hydrogens is 409 g/mol. The Kier molecular flexibility index (Phi) is 6.52. The van der Waals surface area contributed by atoms with Gasteiger partial charge in [0.2, 0.25) is 0 Å². The van der Waals surface area contributed by atoms with Crippen molar-refractivity contribution in [1.82, 2.24) is 5.32 Å². The van der Waals surface area contributed by atoms with Gasteiger partial charge >= 0.3 is 0 Å². The van der Waals surface area contributed by atoms with Crippen molar-refractivity contribution in [2.75, 3.05) is 20.8 Å². The highest BCUT2D eigenvalue weighted by molar-refractivity contribution is 14.1. The minimum absolute atomic E-state index is 0.0205. The summed E-state index contributed by atoms with van der Waals surface area (Å²) in [5, 5.41) is 2.81. The highest BCUT2D eigenvalue weighted by Gasteiger charge is 2.07. The normalized spacial score (nSPS) is 10.0. The summed E-state index contributed by atoms with van der Waals surface area (Å²) < 4.78 is 16.9. The molecule has 0 atom stereocenters. The zero-order chi connectivity index (χ0) is 16.7. The molecule has 0 aliphatic heterocycles. The lowest BCUT2D eigenvalue weighted by Gasteiger charge is -2.11. The van der Waals surface area contributed by atoms with Crippen molar-refractivity contribution in [2.24, 2.45) is 0 Å². The van der Waals surface area contributed by atoms with Crippen LogP contribution in [0.4, 0.5) is 0 Å². The van der Waals surface area contributed by atoms with Crippen molar-refractivity contribution in [2.45, 2.75) is 6.54 Å². The van der Waals surface area contributed by atoms with Gasteiger partial charge in [-0.05, 0) is 58.5 Å². The summed E-state index contributed by atoms with van der Waals surface area (Å²) in [5.74, 6) is 1.79. The first-order valence-corrected chi connectivity index (χ1v) is 8.06. The summed E-state index contributed by atoms with van der Waals surface area (Å²) in [6.07, 6.45) is 0. The molecule has 122 valence electrons. The third kappa shape index (κ3) is 5.31. The molecule has 6 heteroatoms. The topological polar surface area (TPSA) is 56.8 Å². The highest BCUT2D eigenvalue weighted by Crippen LogP contribution is 2.27. The van der Waals surface area contributed by atoms with E-state index in [4.69, 9.17) is 14.2 Å². The third-order valence-corrected chi connectivity index (χ3v) is 3.77. The van der Waals surface area contributed by atoms with E-state index >= 15 is 0 Å². The van der Waals surface area contributed by atoms with E-state index in [1.54, 1.807) is 14.2 Å². The zero-order valence-corrected chi connectivity index (χ0v) is 15.1. The number of benzene rings is 2. The summed E-state index contributed by atoms with van der Waals surface area (Å²) in [4.78, 5) is 11.9. The lowest BCUT2D eigenvalue weighted by atomic mass is 10.2. The van der Waals surface area contributed by atoms with Gasteiger partial charge in [-0.25, -0.2) is 0 Å². The first-order valence-electron chi connectivity index (χ1n) is 6.98. The molecule has 0 saturated carbocycles. The maximum atomic E-state index is 11.9. The summed E-state index contributed by atoms with van der Waals surface area (Å²) in [6.45, 7) is 0.377. The molecular formula is C17H18INO4. The quantitative estimate of drug-likeness (QED) is 0.691. The van der Waals surface area contributed by atoms with Gasteiger partial charge in [-0.3, -0.25) is 4.79 Å². The van der Waals surface area contributed by atoms with E-state index in [0.717, 1.165) is 9.13 Å². The van der Waals surface area contributed by atoms with Gasteiger partial charge in [0.1, 0.15) is 5.75 Å². The number of hydrogen-bond donors (Lipinski definition) is 1. The number of halogens is 1. The van der Waals surface area contributed by atoms with Gasteiger partial charge in [-0.2, -0.15) is 0 Å². The van der Waals surface area contributed by atoms with Crippen molar-refractivity contribution < 1.29 is 19.0 Å². The van der Waals surface area contributed by atoms with Crippen LogP contribution in [0.25, 0.3) is 0 Å². The summed E-state index contributed by atoms with van der Waals surface area (Å²) in [5.41, 5.74) is 0.922. The van der Waals surface area contributed by atoms with Crippen LogP contribution < -0.4 is 19.5 Å². The molecule has 0 radical (unpaired) electrons. The Morgan fingerprint density at radius 1 is 1.09 bits per heavy atom. The summed E-state index contributed by atoms with van der Waals surface area (Å²) in [6, 6.07) is 13.1. The van der Waals surface area contributed by atoms with Crippen molar-refractivity contribution in [1.29, 1.82) is 0 Å². The smallest absolute Gasteiger partial charge is 0.258 e. The molecule has 2 aromatic rings. The Bertz CT molecular complexity index is 675. The molecule has 0 saturated heterocycles. The van der Waals surface area contributed by atoms with Gasteiger partial charge in [0.05, 0.1) is 14.2 Å². The molecule has 0 bridgehead atoms. The van der Waals surface area contributed by atoms with Gasteiger partial charge in [0.25, 0.3) is 5.91 Å². The van der Waals surface area contributed by atoms with Gasteiger partial charge in [-0.1, -0.05) is 12.1 Å². The number of rotatable bonds is 7. The van der Waals surface area contributed by atoms with E-state index in [1.165, 1.54) is 0 Å². The average Bonchev–Trinajstić information content (AvgIpc) is 2.57. The largest absolute Gasteiger partial charge is 0.493 e. The fraction of sp³-hybridized carbons (Fsp3) is 0.235. The Morgan fingerprint density at radius 3 is 2.57 bits per heavy atom. The van der Waals surface area contributed by atoms with Crippen LogP contribution in [0.1, 0.15) is 5.56 Å². The van der Waals surface area contributed by atoms with Gasteiger partial charge in [0.15, 0.2) is 18.1 Å². The van der Waals surface area contributed by atoms with E-state index in [9.17, 15) is 4.79 Å². The molecule has 1 amide bonds. The number of carbonyl (C=O) groups is 1. The lowest BCUT2D eigenvalue weighted by molar-refractivity contribution is -0.123. The zero-order valence-electron chi connectivity index (χ0n) is 13.0. The fourth-order valence-electron chi connectivity index (χ4n) is 1.95. The number of ether oxygens (including phenoxy) is 3. The van der Waals surface area contributed by atoms with Crippen LogP contribution in [0.15, 0.2) is 42.5 Å². The van der Waals surface area contributed by atoms with Crippen LogP contribution in [0, 0.1) is 3.57 Å². The highest BCUT2D eigenvalue weighted by atomic mass is 127. The predicted octanol–water partition coefficient (Wildman–Crippen LogP) is 3.00. The van der Waals surface area contributed by atoms with Crippen molar-refractivity contribution in [3.8, 4) is 17.2 Å². The Morgan fingerprint density at radius 2 is 1.87 bits per heavy atom. The van der Waals surface area contributed by atoms with Gasteiger partial charge in [0, 0.05) is 10.1 Å². The molecule has 23 heavy (non-hydrogen) atoms. The monoisotopic (exact) mass is 427 g/mol. The third-order valence-electron chi connectivity index (χ3n) is 3.10. The van der Waals surface area contributed by atoms with Gasteiger partial charge in [-0.15, -0.1) is 0 Å². The number of methoxy groups -OCH3 is 2. The van der Waals surface area contributed by atoms with Crippen LogP contribution in [-0.4, -0.2) is 26.7 Å². The molecule has 0 aliphatic rings. The molecule has 0 unspecified atom stereocenters. The maximum absolute atomic E-state index is 11.9. The molecule has 0 fully saturated rings. The van der Waals surface area contributed by atoms with Crippen molar-refractivity contribution >= 4 is 28.5 Å². The molecule has 1 N–H and O–H groups in total. The van der Waals surface area contributed by atoms with Crippen LogP contribution in [-0.2, 0) is 11.3 Å². The summed E-state index contributed by atoms with van der Waals surface area (Å²) >= 11 is 2.20. The Labute approximate surface area is 149 Å². The predicted molar refractivity (Wildman–Crippen MR) is 96.0 cm³/mol. The number of hydrogen-bond acceptors (Lipinski definition) is 4. The number of amides is 1. The van der Waals surface area contributed by atoms with Crippen LogP contribution in [0.2, 0.25) is 0 Å². The minimum Gasteiger partial charge on any atom is -0.493 e. The van der Waals surface area contributed by atoms with Gasteiger partial charge < -0.3 is 19.5 Å². The van der Waals surface area contributed by atoms with E-state index in [1.807, 2.05) is 42.5 Å². The first kappa shape index (κ1) is 17.4. The molecule has 2 rings (SSSR count). The SMILES string of the molecule is COc1ccc(CNC(=O)COc2cccc(I)c2)cc1OC. The number of nitrogens with one attached hydrogen (secondary N) is 1. The van der Waals surface area contributed by atoms with Crippen molar-refractivity contribution in [3.63, 3.8) is 0 Å². The second kappa shape index (κ2) is 8.61. The Balaban J connectivity index is 1.84. The minimum atomic E-state index is -0.182. The number of carbonyl (C=O) groups excluding carboxylic acids is 1. The average molecular weight is 427 g/mol. The molecule has 5 nitrogen and oxygen atoms in total. The molecule has 0 aromatic heterocycles. The molecule has 2 aromatic carbocycles. The van der Waals surface area contributed by atoms with E-state index in [0.29, 0.717) is 23.8 Å². The maximum Gasteiger partial charge on any atom is 0.258 e. The lowest BCUT2D eigenvalue weighted by Crippen LogP contribution is -2.28. The molecule has 0 heterocycles. The molecule has 0 aliphatic carbocycles. The van der Waals surface area contributed by atoms with E-state index < -0.39 is 0 Å². The van der Waals surface area contributed by atoms with Crippen LogP contribution in [0.5, 0.6) is 17.2 Å². The summed E-state index contributed by atoms with van der Waals surface area (Å²) in [7, 11) is 3.16. The fourth-order valence-corrected chi connectivity index (χ4v) is 2.46. The van der Waals surface area contributed by atoms with Crippen LogP contribution >= 0.6 is 22.6 Å². The van der Waals surface area contributed by atoms with Crippen molar-refractivity contribution in [3.05, 3.63) is 51.6 Å². The second-order valence-corrected chi connectivity index (χ2v) is 5.96. The second-order valence-electron chi connectivity index (χ2n) is 4.71. The first-order chi connectivity index (χ1) is 11.1.